The Morgan fingerprint density at radius 3 is 2.39 bits per heavy atom. The summed E-state index contributed by atoms with van der Waals surface area (Å²) < 4.78 is 13.3. The normalized spacial score (nSPS) is 14.6. The van der Waals surface area contributed by atoms with E-state index in [1.165, 1.54) is 5.56 Å². The SMILES string of the molecule is COc1cc(-c2cnc3c(c2)c(C)cn3SI)cnc1N1CCN(C(=O)OC(C)(C)C)CC1. The number of hydrogen-bond acceptors (Lipinski definition) is 7. The van der Waals surface area contributed by atoms with Gasteiger partial charge in [0.05, 0.1) is 7.11 Å². The number of fused-ring (bicyclic) bond motifs is 1. The summed E-state index contributed by atoms with van der Waals surface area (Å²) >= 11 is 2.26. The zero-order valence-electron chi connectivity index (χ0n) is 19.5. The lowest BCUT2D eigenvalue weighted by molar-refractivity contribution is 0.0240. The number of methoxy groups -OCH3 is 1. The lowest BCUT2D eigenvalue weighted by Gasteiger charge is -2.36. The number of pyridine rings is 2. The number of hydrogen-bond donors (Lipinski definition) is 0. The second kappa shape index (κ2) is 9.57. The standard InChI is InChI=1S/C23H28IN5O3S/c1-15-14-29(33-24)20-18(15)10-16(12-25-20)17-11-19(31-5)21(26-13-17)27-6-8-28(9-7-27)22(30)32-23(2,3)4/h10-14H,6-9H2,1-5H3. The van der Waals surface area contributed by atoms with Gasteiger partial charge in [-0.25, -0.2) is 14.8 Å². The number of ether oxygens (including phenoxy) is 2. The Hall–Kier alpha value is -2.21. The highest BCUT2D eigenvalue weighted by Crippen LogP contribution is 2.34. The molecule has 3 aromatic rings. The molecular weight excluding hydrogens is 553 g/mol. The number of aromatic nitrogens is 3. The molecule has 4 rings (SSSR count). The number of amides is 1. The van der Waals surface area contributed by atoms with Crippen molar-refractivity contribution < 1.29 is 14.3 Å². The van der Waals surface area contributed by atoms with E-state index in [9.17, 15) is 4.79 Å². The van der Waals surface area contributed by atoms with Crippen molar-refractivity contribution >= 4 is 53.3 Å². The molecule has 0 aromatic carbocycles. The smallest absolute Gasteiger partial charge is 0.410 e. The van der Waals surface area contributed by atoms with E-state index in [2.05, 4.69) is 54.2 Å². The molecule has 0 saturated carbocycles. The van der Waals surface area contributed by atoms with Crippen LogP contribution >= 0.6 is 30.3 Å². The van der Waals surface area contributed by atoms with Crippen LogP contribution in [0.4, 0.5) is 10.6 Å². The molecule has 1 saturated heterocycles. The summed E-state index contributed by atoms with van der Waals surface area (Å²) in [6.07, 6.45) is 5.56. The molecule has 8 nitrogen and oxygen atoms in total. The molecule has 3 aromatic heterocycles. The van der Waals surface area contributed by atoms with E-state index in [0.717, 1.165) is 28.0 Å². The lowest BCUT2D eigenvalue weighted by atomic mass is 10.1. The van der Waals surface area contributed by atoms with Crippen molar-refractivity contribution in [2.24, 2.45) is 0 Å². The Labute approximate surface area is 210 Å². The van der Waals surface area contributed by atoms with Gasteiger partial charge in [-0.1, -0.05) is 0 Å². The lowest BCUT2D eigenvalue weighted by Crippen LogP contribution is -2.50. The minimum atomic E-state index is -0.497. The first-order chi connectivity index (χ1) is 15.7. The monoisotopic (exact) mass is 581 g/mol. The number of aryl methyl sites for hydroxylation is 1. The number of carbonyl (C=O) groups excluding carboxylic acids is 1. The molecule has 1 amide bonds. The predicted octanol–water partition coefficient (Wildman–Crippen LogP) is 5.32. The molecule has 0 spiro atoms. The largest absolute Gasteiger partial charge is 0.493 e. The highest BCUT2D eigenvalue weighted by atomic mass is 127. The fourth-order valence-corrected chi connectivity index (χ4v) is 5.16. The maximum atomic E-state index is 12.4. The van der Waals surface area contributed by atoms with Crippen LogP contribution in [0.15, 0.2) is 30.7 Å². The molecule has 0 radical (unpaired) electrons. The first kappa shape index (κ1) is 23.9. The van der Waals surface area contributed by atoms with Crippen molar-refractivity contribution in [1.29, 1.82) is 0 Å². The van der Waals surface area contributed by atoms with E-state index >= 15 is 0 Å². The van der Waals surface area contributed by atoms with Crippen LogP contribution < -0.4 is 9.64 Å². The van der Waals surface area contributed by atoms with Crippen LogP contribution in [0.25, 0.3) is 22.2 Å². The van der Waals surface area contributed by atoms with Crippen LogP contribution in [0.5, 0.6) is 5.75 Å². The summed E-state index contributed by atoms with van der Waals surface area (Å²) in [6.45, 7) is 10.2. The van der Waals surface area contributed by atoms with Gasteiger partial charge in [-0.15, -0.1) is 0 Å². The Morgan fingerprint density at radius 2 is 1.76 bits per heavy atom. The average Bonchev–Trinajstić information content (AvgIpc) is 3.12. The fourth-order valence-electron chi connectivity index (χ4n) is 3.85. The molecule has 176 valence electrons. The number of carbonyl (C=O) groups is 1. The predicted molar refractivity (Wildman–Crippen MR) is 141 cm³/mol. The van der Waals surface area contributed by atoms with Crippen LogP contribution in [0, 0.1) is 6.92 Å². The van der Waals surface area contributed by atoms with Gasteiger partial charge in [0.25, 0.3) is 0 Å². The molecule has 0 atom stereocenters. The molecule has 33 heavy (non-hydrogen) atoms. The van der Waals surface area contributed by atoms with Crippen LogP contribution in [0.1, 0.15) is 26.3 Å². The van der Waals surface area contributed by atoms with E-state index in [1.54, 1.807) is 21.1 Å². The second-order valence-electron chi connectivity index (χ2n) is 9.01. The number of halogens is 1. The summed E-state index contributed by atoms with van der Waals surface area (Å²) in [5.74, 6) is 1.48. The zero-order valence-corrected chi connectivity index (χ0v) is 22.4. The van der Waals surface area contributed by atoms with E-state index in [-0.39, 0.29) is 6.09 Å². The van der Waals surface area contributed by atoms with Crippen molar-refractivity contribution in [1.82, 2.24) is 18.8 Å². The average molecular weight is 581 g/mol. The van der Waals surface area contributed by atoms with Crippen molar-refractivity contribution in [3.63, 3.8) is 0 Å². The van der Waals surface area contributed by atoms with E-state index in [1.807, 2.05) is 39.2 Å². The molecule has 0 aliphatic carbocycles. The van der Waals surface area contributed by atoms with Crippen LogP contribution in [-0.2, 0) is 4.74 Å². The van der Waals surface area contributed by atoms with Gasteiger partial charge < -0.3 is 19.3 Å². The van der Waals surface area contributed by atoms with Gasteiger partial charge in [-0.3, -0.25) is 3.97 Å². The molecule has 10 heteroatoms. The maximum Gasteiger partial charge on any atom is 0.410 e. The zero-order chi connectivity index (χ0) is 23.8. The van der Waals surface area contributed by atoms with Crippen molar-refractivity contribution in [3.05, 3.63) is 36.3 Å². The molecular formula is C23H28IN5O3S. The van der Waals surface area contributed by atoms with Crippen LogP contribution in [-0.4, -0.2) is 63.8 Å². The van der Waals surface area contributed by atoms with Gasteiger partial charge in [0.1, 0.15) is 5.60 Å². The Morgan fingerprint density at radius 1 is 1.09 bits per heavy atom. The summed E-state index contributed by atoms with van der Waals surface area (Å²) in [4.78, 5) is 25.6. The molecule has 1 aliphatic heterocycles. The van der Waals surface area contributed by atoms with Crippen LogP contribution in [0.3, 0.4) is 0 Å². The number of piperazine rings is 1. The molecule has 0 N–H and O–H groups in total. The van der Waals surface area contributed by atoms with Crippen molar-refractivity contribution in [3.8, 4) is 16.9 Å². The van der Waals surface area contributed by atoms with E-state index in [0.29, 0.717) is 31.9 Å². The molecule has 1 fully saturated rings. The van der Waals surface area contributed by atoms with Crippen molar-refractivity contribution in [2.75, 3.05) is 38.2 Å². The Kier molecular flexibility index (Phi) is 6.94. The van der Waals surface area contributed by atoms with Gasteiger partial charge in [-0.2, -0.15) is 0 Å². The molecule has 1 aliphatic rings. The highest BCUT2D eigenvalue weighted by Gasteiger charge is 2.27. The quantitative estimate of drug-likeness (QED) is 0.387. The molecule has 0 unspecified atom stereocenters. The van der Waals surface area contributed by atoms with Gasteiger partial charge in [0.2, 0.25) is 0 Å². The van der Waals surface area contributed by atoms with Gasteiger partial charge in [-0.05, 0) is 45.4 Å². The number of nitrogens with zero attached hydrogens (tertiary/aromatic N) is 5. The fraction of sp³-hybridized carbons (Fsp3) is 0.435. The van der Waals surface area contributed by atoms with E-state index < -0.39 is 5.60 Å². The number of anilines is 1. The van der Waals surface area contributed by atoms with Crippen molar-refractivity contribution in [2.45, 2.75) is 33.3 Å². The molecule has 4 heterocycles. The minimum Gasteiger partial charge on any atom is -0.493 e. The molecule has 0 bridgehead atoms. The minimum absolute atomic E-state index is 0.273. The highest BCUT2D eigenvalue weighted by molar-refractivity contribution is 14.2. The Bertz CT molecular complexity index is 1170. The van der Waals surface area contributed by atoms with E-state index in [4.69, 9.17) is 14.5 Å². The van der Waals surface area contributed by atoms with Gasteiger partial charge >= 0.3 is 6.09 Å². The first-order valence-electron chi connectivity index (χ1n) is 10.7. The van der Waals surface area contributed by atoms with Gasteiger partial charge in [0, 0.05) is 91.6 Å². The number of rotatable bonds is 4. The van der Waals surface area contributed by atoms with Crippen LogP contribution in [0.2, 0.25) is 0 Å². The second-order valence-corrected chi connectivity index (χ2v) is 10.7. The summed E-state index contributed by atoms with van der Waals surface area (Å²) in [5, 5.41) is 1.12. The Balaban J connectivity index is 1.53. The summed E-state index contributed by atoms with van der Waals surface area (Å²) in [7, 11) is 3.26. The third-order valence-corrected chi connectivity index (χ3v) is 7.20. The maximum absolute atomic E-state index is 12.4. The third-order valence-electron chi connectivity index (χ3n) is 5.50. The summed E-state index contributed by atoms with van der Waals surface area (Å²) in [5.41, 5.74) is 3.58. The van der Waals surface area contributed by atoms with Gasteiger partial charge in [0.15, 0.2) is 17.2 Å². The first-order valence-corrected chi connectivity index (χ1v) is 14.1. The summed E-state index contributed by atoms with van der Waals surface area (Å²) in [6, 6.07) is 4.15. The third kappa shape index (κ3) is 5.16. The topological polar surface area (TPSA) is 72.7 Å².